The Balaban J connectivity index is 1.10. The Morgan fingerprint density at radius 1 is 1.00 bits per heavy atom. The number of nitrogens with one attached hydrogen (secondary N) is 3. The number of nitrogens with two attached hydrogens (primary N) is 1. The standard InChI is InChI=1S/C45H59N5O8/c1-47-28-45(18-16-31(26-45)17-19-57-29-49-27-38(53)21-33-8-11-35-25-37(52)14-12-34(35)20-33)58-42-24-32(22-39(43(42)55)50-44(46)48-2)6-4-5-7-36(51)13-9-30-10-15-40(54)41(23-30)56-3/h5,7-8,10-12,14-15,20,22-25,31,38,47,49,52-55H,4,6,9,13,16-19,21,26-29H2,1-3H3,(H3,46,48,50)/b7-5+/t31-,38-,45-/m1/s1. The van der Waals surface area contributed by atoms with E-state index in [9.17, 15) is 25.2 Å². The van der Waals surface area contributed by atoms with E-state index in [1.165, 1.54) is 7.11 Å². The number of aryl methyl sites for hydroxylation is 2. The van der Waals surface area contributed by atoms with Gasteiger partial charge in [-0.1, -0.05) is 36.4 Å². The average molecular weight is 798 g/mol. The third kappa shape index (κ3) is 12.8. The molecule has 4 aromatic carbocycles. The molecule has 0 saturated heterocycles. The van der Waals surface area contributed by atoms with Crippen molar-refractivity contribution in [1.82, 2.24) is 10.6 Å². The number of phenolic OH excluding ortho intramolecular Hbond substituents is 3. The van der Waals surface area contributed by atoms with Gasteiger partial charge in [-0.25, -0.2) is 0 Å². The Hall–Kier alpha value is -5.34. The van der Waals surface area contributed by atoms with Gasteiger partial charge in [0, 0.05) is 33.2 Å². The summed E-state index contributed by atoms with van der Waals surface area (Å²) in [5.41, 5.74) is 8.66. The normalized spacial score (nSPS) is 17.5. The summed E-state index contributed by atoms with van der Waals surface area (Å²) in [7, 11) is 4.95. The van der Waals surface area contributed by atoms with Crippen LogP contribution < -0.4 is 31.2 Å². The molecule has 1 aliphatic carbocycles. The smallest absolute Gasteiger partial charge is 0.192 e. The number of phenols is 3. The minimum absolute atomic E-state index is 0.00161. The Labute approximate surface area is 340 Å². The number of aliphatic hydroxyl groups excluding tert-OH is 1. The molecule has 0 spiro atoms. The van der Waals surface area contributed by atoms with E-state index >= 15 is 0 Å². The zero-order valence-electron chi connectivity index (χ0n) is 33.8. The van der Waals surface area contributed by atoms with Crippen LogP contribution in [0.4, 0.5) is 5.69 Å². The molecule has 0 aromatic heterocycles. The van der Waals surface area contributed by atoms with E-state index in [1.807, 2.05) is 49.5 Å². The Morgan fingerprint density at radius 2 is 1.78 bits per heavy atom. The number of carbonyl (C=O) groups excluding carboxylic acids is 1. The number of fused-ring (bicyclic) bond motifs is 1. The van der Waals surface area contributed by atoms with E-state index in [2.05, 4.69) is 20.9 Å². The first-order valence-electron chi connectivity index (χ1n) is 19.9. The molecule has 3 atom stereocenters. The van der Waals surface area contributed by atoms with Crippen LogP contribution in [0.1, 0.15) is 55.2 Å². The number of aromatic hydroxyl groups is 3. The highest BCUT2D eigenvalue weighted by molar-refractivity contribution is 5.94. The number of hydrogen-bond acceptors (Lipinski definition) is 11. The van der Waals surface area contributed by atoms with Gasteiger partial charge >= 0.3 is 0 Å². The number of anilines is 1. The first-order chi connectivity index (χ1) is 28.0. The Bertz CT molecular complexity index is 2040. The van der Waals surface area contributed by atoms with Gasteiger partial charge < -0.3 is 51.0 Å². The fraction of sp³-hybridized carbons (Fsp3) is 0.422. The summed E-state index contributed by atoms with van der Waals surface area (Å²) < 4.78 is 17.8. The molecule has 13 nitrogen and oxygen atoms in total. The molecule has 0 radical (unpaired) electrons. The molecular weight excluding hydrogens is 739 g/mol. The van der Waals surface area contributed by atoms with Crippen LogP contribution in [0.25, 0.3) is 10.8 Å². The molecule has 0 amide bonds. The van der Waals surface area contributed by atoms with E-state index in [0.29, 0.717) is 81.6 Å². The number of aliphatic hydroxyl groups is 1. The van der Waals surface area contributed by atoms with E-state index in [0.717, 1.165) is 53.1 Å². The van der Waals surface area contributed by atoms with Crippen molar-refractivity contribution in [3.8, 4) is 28.7 Å². The van der Waals surface area contributed by atoms with Crippen LogP contribution in [0, 0.1) is 5.92 Å². The quantitative estimate of drug-likeness (QED) is 0.0121. The number of hydrogen-bond donors (Lipinski definition) is 8. The fourth-order valence-corrected chi connectivity index (χ4v) is 7.53. The van der Waals surface area contributed by atoms with E-state index in [4.69, 9.17) is 19.9 Å². The Morgan fingerprint density at radius 3 is 2.57 bits per heavy atom. The van der Waals surface area contributed by atoms with Crippen molar-refractivity contribution < 1.29 is 39.4 Å². The van der Waals surface area contributed by atoms with Crippen LogP contribution in [-0.2, 0) is 28.8 Å². The number of carbonyl (C=O) groups is 1. The number of ketones is 1. The van der Waals surface area contributed by atoms with Crippen molar-refractivity contribution >= 4 is 28.2 Å². The van der Waals surface area contributed by atoms with E-state index in [1.54, 1.807) is 43.5 Å². The lowest BCUT2D eigenvalue weighted by Crippen LogP contribution is -2.42. The number of nitrogens with zero attached hydrogens (tertiary/aromatic N) is 1. The van der Waals surface area contributed by atoms with Gasteiger partial charge in [-0.15, -0.1) is 0 Å². The SMILES string of the molecule is CN=C(N)Nc1cc(CC/C=C/C(=O)CCc2ccc(O)c(OC)c2)cc(O[C@]2(CNC)CC[C@H](CCOCNC[C@H](O)Cc3ccc4cc(O)ccc4c3)C2)c1O. The van der Waals surface area contributed by atoms with Gasteiger partial charge in [0.05, 0.1) is 25.6 Å². The van der Waals surface area contributed by atoms with Crippen LogP contribution in [0.15, 0.2) is 83.9 Å². The minimum Gasteiger partial charge on any atom is -0.508 e. The fourth-order valence-electron chi connectivity index (χ4n) is 7.53. The molecule has 58 heavy (non-hydrogen) atoms. The van der Waals surface area contributed by atoms with E-state index in [-0.39, 0.29) is 29.0 Å². The highest BCUT2D eigenvalue weighted by atomic mass is 16.5. The highest BCUT2D eigenvalue weighted by Crippen LogP contribution is 2.44. The number of guanidine groups is 1. The molecule has 5 rings (SSSR count). The maximum Gasteiger partial charge on any atom is 0.192 e. The van der Waals surface area contributed by atoms with Crippen LogP contribution >= 0.6 is 0 Å². The topological polar surface area (TPSA) is 200 Å². The Kier molecular flexibility index (Phi) is 16.2. The minimum atomic E-state index is -0.566. The second-order valence-electron chi connectivity index (χ2n) is 15.1. The zero-order chi connectivity index (χ0) is 41.5. The van der Waals surface area contributed by atoms with Gasteiger partial charge in [-0.05, 0) is 134 Å². The highest BCUT2D eigenvalue weighted by Gasteiger charge is 2.41. The van der Waals surface area contributed by atoms with Crippen molar-refractivity contribution in [2.75, 3.05) is 52.9 Å². The molecule has 0 unspecified atom stereocenters. The van der Waals surface area contributed by atoms with Crippen molar-refractivity contribution in [3.05, 3.63) is 95.6 Å². The van der Waals surface area contributed by atoms with Crippen molar-refractivity contribution in [2.45, 2.75) is 69.5 Å². The summed E-state index contributed by atoms with van der Waals surface area (Å²) in [5, 5.41) is 52.9. The van der Waals surface area contributed by atoms with Crippen LogP contribution in [0.5, 0.6) is 28.7 Å². The van der Waals surface area contributed by atoms with Crippen LogP contribution in [0.3, 0.4) is 0 Å². The molecule has 9 N–H and O–H groups in total. The number of methoxy groups -OCH3 is 1. The molecule has 1 aliphatic rings. The summed E-state index contributed by atoms with van der Waals surface area (Å²) in [6.07, 6.45) is 8.81. The lowest BCUT2D eigenvalue weighted by atomic mass is 9.97. The van der Waals surface area contributed by atoms with Gasteiger partial charge in [0.2, 0.25) is 0 Å². The molecule has 0 aliphatic heterocycles. The lowest BCUT2D eigenvalue weighted by Gasteiger charge is -2.31. The molecular formula is C45H59N5O8. The van der Waals surface area contributed by atoms with Crippen molar-refractivity contribution in [2.24, 2.45) is 16.6 Å². The average Bonchev–Trinajstić information content (AvgIpc) is 3.61. The summed E-state index contributed by atoms with van der Waals surface area (Å²) in [5.74, 6) is 1.48. The van der Waals surface area contributed by atoms with Crippen LogP contribution in [-0.4, -0.2) is 91.5 Å². The maximum atomic E-state index is 12.6. The monoisotopic (exact) mass is 797 g/mol. The number of aliphatic imine (C=N–C) groups is 1. The summed E-state index contributed by atoms with van der Waals surface area (Å²) >= 11 is 0. The third-order valence-electron chi connectivity index (χ3n) is 10.6. The van der Waals surface area contributed by atoms with Gasteiger partial charge in [0.25, 0.3) is 0 Å². The molecule has 13 heteroatoms. The summed E-state index contributed by atoms with van der Waals surface area (Å²) in [6.45, 7) is 1.89. The van der Waals surface area contributed by atoms with Gasteiger partial charge in [-0.3, -0.25) is 15.1 Å². The molecule has 1 saturated carbocycles. The maximum absolute atomic E-state index is 12.6. The first kappa shape index (κ1) is 43.8. The number of allylic oxidation sites excluding steroid dienone is 2. The molecule has 312 valence electrons. The second-order valence-corrected chi connectivity index (χ2v) is 15.1. The zero-order valence-corrected chi connectivity index (χ0v) is 33.8. The van der Waals surface area contributed by atoms with E-state index < -0.39 is 11.7 Å². The van der Waals surface area contributed by atoms with Crippen LogP contribution in [0.2, 0.25) is 0 Å². The molecule has 4 aromatic rings. The third-order valence-corrected chi connectivity index (χ3v) is 10.6. The van der Waals surface area contributed by atoms with Gasteiger partial charge in [0.15, 0.2) is 34.7 Å². The number of rotatable bonds is 22. The second kappa shape index (κ2) is 21.4. The predicted octanol–water partition coefficient (Wildman–Crippen LogP) is 5.71. The predicted molar refractivity (Wildman–Crippen MR) is 228 cm³/mol. The lowest BCUT2D eigenvalue weighted by molar-refractivity contribution is -0.114. The number of likely N-dealkylation sites (N-methyl/N-ethyl adjacent to an activating group) is 1. The molecule has 1 fully saturated rings. The van der Waals surface area contributed by atoms with Crippen molar-refractivity contribution in [1.29, 1.82) is 0 Å². The van der Waals surface area contributed by atoms with Gasteiger partial charge in [-0.2, -0.15) is 0 Å². The summed E-state index contributed by atoms with van der Waals surface area (Å²) in [4.78, 5) is 16.6. The van der Waals surface area contributed by atoms with Crippen molar-refractivity contribution in [3.63, 3.8) is 0 Å². The van der Waals surface area contributed by atoms with Gasteiger partial charge in [0.1, 0.15) is 11.4 Å². The largest absolute Gasteiger partial charge is 0.508 e. The number of benzene rings is 4. The molecule has 0 heterocycles. The first-order valence-corrected chi connectivity index (χ1v) is 19.9. The summed E-state index contributed by atoms with van der Waals surface area (Å²) in [6, 6.07) is 20.0. The number of ether oxygens (including phenoxy) is 3. The molecule has 0 bridgehead atoms.